The number of unbranched alkanes of at least 4 members (excludes halogenated alkanes) is 3. The van der Waals surface area contributed by atoms with Crippen LogP contribution in [0.5, 0.6) is 0 Å². The SMILES string of the molecule is OCC/C=C/CCCCCOCc1ccccc1. The smallest absolute Gasteiger partial charge is 0.0716 e. The van der Waals surface area contributed by atoms with Crippen LogP contribution >= 0.6 is 0 Å². The largest absolute Gasteiger partial charge is 0.396 e. The van der Waals surface area contributed by atoms with Gasteiger partial charge in [0.2, 0.25) is 0 Å². The molecule has 1 N–H and O–H groups in total. The number of rotatable bonds is 10. The van der Waals surface area contributed by atoms with Crippen LogP contribution in [-0.4, -0.2) is 18.3 Å². The molecule has 0 aliphatic rings. The predicted molar refractivity (Wildman–Crippen MR) is 75.4 cm³/mol. The van der Waals surface area contributed by atoms with Crippen molar-refractivity contribution in [2.24, 2.45) is 0 Å². The zero-order chi connectivity index (χ0) is 12.9. The van der Waals surface area contributed by atoms with Gasteiger partial charge in [-0.1, -0.05) is 48.9 Å². The average Bonchev–Trinajstić information content (AvgIpc) is 2.42. The average molecular weight is 248 g/mol. The molecule has 0 radical (unpaired) electrons. The first-order valence-corrected chi connectivity index (χ1v) is 6.81. The van der Waals surface area contributed by atoms with Gasteiger partial charge in [0.25, 0.3) is 0 Å². The molecule has 2 nitrogen and oxygen atoms in total. The van der Waals surface area contributed by atoms with Gasteiger partial charge in [0.1, 0.15) is 0 Å². The van der Waals surface area contributed by atoms with E-state index in [9.17, 15) is 0 Å². The molecule has 100 valence electrons. The van der Waals surface area contributed by atoms with Crippen molar-refractivity contribution in [2.75, 3.05) is 13.2 Å². The molecule has 0 atom stereocenters. The molecule has 1 aromatic carbocycles. The Kier molecular flexibility index (Phi) is 9.13. The van der Waals surface area contributed by atoms with Crippen molar-refractivity contribution >= 4 is 0 Å². The summed E-state index contributed by atoms with van der Waals surface area (Å²) in [6, 6.07) is 10.3. The molecule has 0 saturated heterocycles. The highest BCUT2D eigenvalue weighted by Gasteiger charge is 1.92. The van der Waals surface area contributed by atoms with Gasteiger partial charge in [0, 0.05) is 13.2 Å². The maximum absolute atomic E-state index is 8.59. The fourth-order valence-electron chi connectivity index (χ4n) is 1.72. The summed E-state index contributed by atoms with van der Waals surface area (Å²) >= 11 is 0. The number of hydrogen-bond donors (Lipinski definition) is 1. The second-order valence-corrected chi connectivity index (χ2v) is 4.37. The first kappa shape index (κ1) is 14.9. The minimum absolute atomic E-state index is 0.254. The van der Waals surface area contributed by atoms with Crippen LogP contribution in [-0.2, 0) is 11.3 Å². The lowest BCUT2D eigenvalue weighted by atomic mass is 10.2. The molecular formula is C16H24O2. The normalized spacial score (nSPS) is 11.2. The lowest BCUT2D eigenvalue weighted by molar-refractivity contribution is 0.117. The molecule has 18 heavy (non-hydrogen) atoms. The number of aliphatic hydroxyl groups excluding tert-OH is 1. The Bertz CT molecular complexity index is 306. The van der Waals surface area contributed by atoms with E-state index in [2.05, 4.69) is 18.2 Å². The van der Waals surface area contributed by atoms with E-state index in [1.54, 1.807) is 0 Å². The third-order valence-corrected chi connectivity index (χ3v) is 2.73. The van der Waals surface area contributed by atoms with E-state index in [4.69, 9.17) is 9.84 Å². The summed E-state index contributed by atoms with van der Waals surface area (Å²) < 4.78 is 5.61. The van der Waals surface area contributed by atoms with Gasteiger partial charge in [0.05, 0.1) is 6.61 Å². The van der Waals surface area contributed by atoms with Gasteiger partial charge >= 0.3 is 0 Å². The summed E-state index contributed by atoms with van der Waals surface area (Å²) in [6.07, 6.45) is 9.63. The van der Waals surface area contributed by atoms with Gasteiger partial charge in [-0.15, -0.1) is 0 Å². The molecule has 0 spiro atoms. The molecule has 0 bridgehead atoms. The zero-order valence-corrected chi connectivity index (χ0v) is 11.1. The molecule has 0 unspecified atom stereocenters. The van der Waals surface area contributed by atoms with Crippen molar-refractivity contribution in [1.29, 1.82) is 0 Å². The topological polar surface area (TPSA) is 29.5 Å². The second kappa shape index (κ2) is 11.0. The summed E-state index contributed by atoms with van der Waals surface area (Å²) in [5.74, 6) is 0. The standard InChI is InChI=1S/C16H24O2/c17-13-9-4-2-1-3-5-10-14-18-15-16-11-7-6-8-12-16/h2,4,6-8,11-12,17H,1,3,5,9-10,13-15H2/b4-2+. The summed E-state index contributed by atoms with van der Waals surface area (Å²) in [4.78, 5) is 0. The van der Waals surface area contributed by atoms with Crippen molar-refractivity contribution in [3.8, 4) is 0 Å². The van der Waals surface area contributed by atoms with Crippen LogP contribution < -0.4 is 0 Å². The van der Waals surface area contributed by atoms with E-state index in [0.717, 1.165) is 32.5 Å². The molecule has 0 aromatic heterocycles. The van der Waals surface area contributed by atoms with Gasteiger partial charge in [0.15, 0.2) is 0 Å². The van der Waals surface area contributed by atoms with Gasteiger partial charge < -0.3 is 9.84 Å². The fraction of sp³-hybridized carbons (Fsp3) is 0.500. The quantitative estimate of drug-likeness (QED) is 0.505. The second-order valence-electron chi connectivity index (χ2n) is 4.37. The number of hydrogen-bond acceptors (Lipinski definition) is 2. The highest BCUT2D eigenvalue weighted by atomic mass is 16.5. The van der Waals surface area contributed by atoms with Crippen LogP contribution in [0, 0.1) is 0 Å². The summed E-state index contributed by atoms with van der Waals surface area (Å²) in [5.41, 5.74) is 1.24. The van der Waals surface area contributed by atoms with Crippen molar-refractivity contribution in [2.45, 2.75) is 38.7 Å². The first-order chi connectivity index (χ1) is 8.93. The zero-order valence-electron chi connectivity index (χ0n) is 11.1. The van der Waals surface area contributed by atoms with Crippen molar-refractivity contribution in [3.63, 3.8) is 0 Å². The third-order valence-electron chi connectivity index (χ3n) is 2.73. The maximum atomic E-state index is 8.59. The number of ether oxygens (including phenoxy) is 1. The molecule has 0 heterocycles. The van der Waals surface area contributed by atoms with E-state index in [1.807, 2.05) is 24.3 Å². The molecule has 2 heteroatoms. The van der Waals surface area contributed by atoms with E-state index in [0.29, 0.717) is 0 Å². The Morgan fingerprint density at radius 2 is 1.72 bits per heavy atom. The van der Waals surface area contributed by atoms with E-state index in [1.165, 1.54) is 18.4 Å². The molecule has 0 aliphatic carbocycles. The molecule has 0 fully saturated rings. The van der Waals surface area contributed by atoms with Crippen LogP contribution in [0.4, 0.5) is 0 Å². The van der Waals surface area contributed by atoms with E-state index < -0.39 is 0 Å². The van der Waals surface area contributed by atoms with Crippen LogP contribution in [0.15, 0.2) is 42.5 Å². The highest BCUT2D eigenvalue weighted by Crippen LogP contribution is 2.04. The molecule has 1 rings (SSSR count). The molecule has 0 amide bonds. The monoisotopic (exact) mass is 248 g/mol. The van der Waals surface area contributed by atoms with Crippen molar-refractivity contribution < 1.29 is 9.84 Å². The lowest BCUT2D eigenvalue weighted by Gasteiger charge is -2.03. The van der Waals surface area contributed by atoms with Crippen LogP contribution in [0.3, 0.4) is 0 Å². The number of allylic oxidation sites excluding steroid dienone is 1. The van der Waals surface area contributed by atoms with Gasteiger partial charge in [-0.2, -0.15) is 0 Å². The number of benzene rings is 1. The Morgan fingerprint density at radius 1 is 0.944 bits per heavy atom. The van der Waals surface area contributed by atoms with Crippen LogP contribution in [0.25, 0.3) is 0 Å². The Hall–Kier alpha value is -1.12. The predicted octanol–water partition coefficient (Wildman–Crippen LogP) is 3.70. The van der Waals surface area contributed by atoms with Crippen LogP contribution in [0.1, 0.15) is 37.7 Å². The maximum Gasteiger partial charge on any atom is 0.0716 e. The number of aliphatic hydroxyl groups is 1. The van der Waals surface area contributed by atoms with E-state index >= 15 is 0 Å². The highest BCUT2D eigenvalue weighted by molar-refractivity contribution is 5.13. The van der Waals surface area contributed by atoms with Gasteiger partial charge in [-0.3, -0.25) is 0 Å². The van der Waals surface area contributed by atoms with Gasteiger partial charge in [-0.25, -0.2) is 0 Å². The van der Waals surface area contributed by atoms with Gasteiger partial charge in [-0.05, 0) is 31.2 Å². The third kappa shape index (κ3) is 8.04. The molecule has 0 aliphatic heterocycles. The van der Waals surface area contributed by atoms with Crippen LogP contribution in [0.2, 0.25) is 0 Å². The Labute approximate surface area is 110 Å². The molecule has 0 saturated carbocycles. The molecular weight excluding hydrogens is 224 g/mol. The first-order valence-electron chi connectivity index (χ1n) is 6.81. The van der Waals surface area contributed by atoms with E-state index in [-0.39, 0.29) is 6.61 Å². The summed E-state index contributed by atoms with van der Waals surface area (Å²) in [6.45, 7) is 1.82. The lowest BCUT2D eigenvalue weighted by Crippen LogP contribution is -1.95. The minimum atomic E-state index is 0.254. The summed E-state index contributed by atoms with van der Waals surface area (Å²) in [5, 5.41) is 8.59. The summed E-state index contributed by atoms with van der Waals surface area (Å²) in [7, 11) is 0. The molecule has 1 aromatic rings. The fourth-order valence-corrected chi connectivity index (χ4v) is 1.72. The Morgan fingerprint density at radius 3 is 2.50 bits per heavy atom. The Balaban J connectivity index is 1.87. The van der Waals surface area contributed by atoms with Crippen molar-refractivity contribution in [3.05, 3.63) is 48.0 Å². The minimum Gasteiger partial charge on any atom is -0.396 e. The van der Waals surface area contributed by atoms with Crippen molar-refractivity contribution in [1.82, 2.24) is 0 Å².